The number of aryl methyl sites for hydroxylation is 1. The van der Waals surface area contributed by atoms with Gasteiger partial charge in [-0.1, -0.05) is 13.8 Å². The third-order valence-corrected chi connectivity index (χ3v) is 2.76. The number of anilines is 1. The molecule has 1 aliphatic carbocycles. The minimum absolute atomic E-state index is 0.353. The lowest BCUT2D eigenvalue weighted by Crippen LogP contribution is -2.24. The Hall–Kier alpha value is -1.12. The number of nitrogens with zero attached hydrogens (tertiary/aromatic N) is 2. The highest BCUT2D eigenvalue weighted by atomic mass is 14.9. The van der Waals surface area contributed by atoms with Gasteiger partial charge in [0.2, 0.25) is 0 Å². The van der Waals surface area contributed by atoms with Crippen molar-refractivity contribution in [3.8, 4) is 0 Å². The van der Waals surface area contributed by atoms with Gasteiger partial charge in [0.15, 0.2) is 0 Å². The Morgan fingerprint density at radius 3 is 2.92 bits per heavy atom. The summed E-state index contributed by atoms with van der Waals surface area (Å²) in [6.45, 7) is 4.53. The highest BCUT2D eigenvalue weighted by Gasteiger charge is 2.27. The third-order valence-electron chi connectivity index (χ3n) is 2.76. The number of nitrogens with two attached hydrogens (primary N) is 1. The van der Waals surface area contributed by atoms with E-state index in [9.17, 15) is 0 Å². The molecule has 0 radical (unpaired) electrons. The van der Waals surface area contributed by atoms with Crippen LogP contribution < -0.4 is 5.73 Å². The predicted molar refractivity (Wildman–Crippen MR) is 52.3 cm³/mol. The van der Waals surface area contributed by atoms with Gasteiger partial charge in [0.1, 0.15) is 12.1 Å². The van der Waals surface area contributed by atoms with E-state index in [-0.39, 0.29) is 0 Å². The Kier molecular flexibility index (Phi) is 1.75. The molecule has 0 fully saturated rings. The molecule has 0 bridgehead atoms. The Labute approximate surface area is 78.4 Å². The van der Waals surface area contributed by atoms with Gasteiger partial charge < -0.3 is 5.73 Å². The van der Waals surface area contributed by atoms with Crippen molar-refractivity contribution in [1.82, 2.24) is 9.97 Å². The Balaban J connectivity index is 2.44. The second-order valence-electron chi connectivity index (χ2n) is 4.53. The monoisotopic (exact) mass is 177 g/mol. The highest BCUT2D eigenvalue weighted by molar-refractivity contribution is 5.43. The summed E-state index contributed by atoms with van der Waals surface area (Å²) in [6.07, 6.45) is 4.80. The molecule has 1 aliphatic rings. The zero-order valence-electron chi connectivity index (χ0n) is 8.17. The van der Waals surface area contributed by atoms with E-state index in [4.69, 9.17) is 5.73 Å². The van der Waals surface area contributed by atoms with Gasteiger partial charge >= 0.3 is 0 Å². The van der Waals surface area contributed by atoms with Crippen LogP contribution in [0.3, 0.4) is 0 Å². The molecule has 1 heterocycles. The fourth-order valence-corrected chi connectivity index (χ4v) is 1.90. The molecular formula is C10H15N3. The fourth-order valence-electron chi connectivity index (χ4n) is 1.90. The van der Waals surface area contributed by atoms with E-state index in [1.54, 1.807) is 6.33 Å². The molecule has 0 atom stereocenters. The molecule has 0 spiro atoms. The lowest BCUT2D eigenvalue weighted by molar-refractivity contribution is 0.312. The number of aromatic nitrogens is 2. The maximum atomic E-state index is 5.81. The van der Waals surface area contributed by atoms with Gasteiger partial charge in [-0.3, -0.25) is 0 Å². The van der Waals surface area contributed by atoms with Gasteiger partial charge in [-0.25, -0.2) is 9.97 Å². The van der Waals surface area contributed by atoms with Crippen LogP contribution in [0.25, 0.3) is 0 Å². The van der Waals surface area contributed by atoms with Crippen molar-refractivity contribution in [2.24, 2.45) is 5.41 Å². The van der Waals surface area contributed by atoms with Crippen LogP contribution in [-0.2, 0) is 12.8 Å². The first-order valence-electron chi connectivity index (χ1n) is 4.67. The quantitative estimate of drug-likeness (QED) is 0.654. The van der Waals surface area contributed by atoms with E-state index in [0.29, 0.717) is 11.2 Å². The summed E-state index contributed by atoms with van der Waals surface area (Å²) < 4.78 is 0. The Morgan fingerprint density at radius 2 is 2.15 bits per heavy atom. The van der Waals surface area contributed by atoms with E-state index >= 15 is 0 Å². The second kappa shape index (κ2) is 2.69. The van der Waals surface area contributed by atoms with E-state index in [1.165, 1.54) is 12.0 Å². The molecule has 1 aromatic heterocycles. The predicted octanol–water partition coefficient (Wildman–Crippen LogP) is 1.57. The normalized spacial score (nSPS) is 19.5. The molecule has 3 nitrogen and oxygen atoms in total. The number of rotatable bonds is 0. The molecule has 2 N–H and O–H groups in total. The minimum Gasteiger partial charge on any atom is -0.383 e. The Bertz CT molecular complexity index is 331. The zero-order chi connectivity index (χ0) is 9.47. The van der Waals surface area contributed by atoms with Crippen molar-refractivity contribution < 1.29 is 0 Å². The average Bonchev–Trinajstić information content (AvgIpc) is 2.06. The van der Waals surface area contributed by atoms with Crippen molar-refractivity contribution in [3.63, 3.8) is 0 Å². The topological polar surface area (TPSA) is 51.8 Å². The molecule has 0 saturated carbocycles. The molecule has 0 amide bonds. The first-order chi connectivity index (χ1) is 6.08. The van der Waals surface area contributed by atoms with Crippen LogP contribution in [0.5, 0.6) is 0 Å². The van der Waals surface area contributed by atoms with Crippen LogP contribution in [0.1, 0.15) is 31.5 Å². The van der Waals surface area contributed by atoms with Gasteiger partial charge in [-0.2, -0.15) is 0 Å². The van der Waals surface area contributed by atoms with Gasteiger partial charge in [0.25, 0.3) is 0 Å². The van der Waals surface area contributed by atoms with Gasteiger partial charge in [0, 0.05) is 11.3 Å². The summed E-state index contributed by atoms with van der Waals surface area (Å²) in [4.78, 5) is 8.28. The lowest BCUT2D eigenvalue weighted by atomic mass is 9.76. The van der Waals surface area contributed by atoms with Crippen molar-refractivity contribution in [2.45, 2.75) is 33.1 Å². The van der Waals surface area contributed by atoms with E-state index < -0.39 is 0 Å². The zero-order valence-corrected chi connectivity index (χ0v) is 8.17. The van der Waals surface area contributed by atoms with Crippen LogP contribution in [0.15, 0.2) is 6.33 Å². The molecule has 1 aromatic rings. The number of fused-ring (bicyclic) bond motifs is 1. The first kappa shape index (κ1) is 8.48. The molecule has 13 heavy (non-hydrogen) atoms. The lowest BCUT2D eigenvalue weighted by Gasteiger charge is -2.30. The smallest absolute Gasteiger partial charge is 0.130 e. The molecule has 2 rings (SSSR count). The maximum Gasteiger partial charge on any atom is 0.130 e. The SMILES string of the molecule is CC1(C)CCc2ncnc(N)c2C1. The molecular weight excluding hydrogens is 162 g/mol. The summed E-state index contributed by atoms with van der Waals surface area (Å²) in [7, 11) is 0. The van der Waals surface area contributed by atoms with Crippen LogP contribution in [-0.4, -0.2) is 9.97 Å². The van der Waals surface area contributed by atoms with Crippen LogP contribution >= 0.6 is 0 Å². The van der Waals surface area contributed by atoms with Crippen molar-refractivity contribution in [3.05, 3.63) is 17.6 Å². The number of nitrogen functional groups attached to an aromatic ring is 1. The number of hydrogen-bond acceptors (Lipinski definition) is 3. The molecule has 3 heteroatoms. The van der Waals surface area contributed by atoms with Crippen LogP contribution in [0, 0.1) is 5.41 Å². The minimum atomic E-state index is 0.353. The largest absolute Gasteiger partial charge is 0.383 e. The van der Waals surface area contributed by atoms with Crippen molar-refractivity contribution >= 4 is 5.82 Å². The first-order valence-corrected chi connectivity index (χ1v) is 4.67. The molecule has 0 saturated heterocycles. The van der Waals surface area contributed by atoms with E-state index in [0.717, 1.165) is 18.5 Å². The van der Waals surface area contributed by atoms with E-state index in [2.05, 4.69) is 23.8 Å². The van der Waals surface area contributed by atoms with Crippen molar-refractivity contribution in [1.29, 1.82) is 0 Å². The van der Waals surface area contributed by atoms with Crippen molar-refractivity contribution in [2.75, 3.05) is 5.73 Å². The Morgan fingerprint density at radius 1 is 1.38 bits per heavy atom. The van der Waals surface area contributed by atoms with Crippen LogP contribution in [0.2, 0.25) is 0 Å². The molecule has 0 aromatic carbocycles. The summed E-state index contributed by atoms with van der Waals surface area (Å²) in [5.41, 5.74) is 8.48. The molecule has 70 valence electrons. The van der Waals surface area contributed by atoms with Gasteiger partial charge in [0.05, 0.1) is 0 Å². The summed E-state index contributed by atoms with van der Waals surface area (Å²) in [6, 6.07) is 0. The molecule has 0 unspecified atom stereocenters. The standard InChI is InChI=1S/C10H15N3/c1-10(2)4-3-8-7(5-10)9(11)13-6-12-8/h6H,3-5H2,1-2H3,(H2,11,12,13). The molecule has 0 aliphatic heterocycles. The number of hydrogen-bond donors (Lipinski definition) is 1. The van der Waals surface area contributed by atoms with Gasteiger partial charge in [-0.15, -0.1) is 0 Å². The van der Waals surface area contributed by atoms with Crippen LogP contribution in [0.4, 0.5) is 5.82 Å². The summed E-state index contributed by atoms with van der Waals surface area (Å²) >= 11 is 0. The maximum absolute atomic E-state index is 5.81. The highest BCUT2D eigenvalue weighted by Crippen LogP contribution is 2.35. The summed E-state index contributed by atoms with van der Waals surface area (Å²) in [5.74, 6) is 0.665. The fraction of sp³-hybridized carbons (Fsp3) is 0.600. The third kappa shape index (κ3) is 1.50. The summed E-state index contributed by atoms with van der Waals surface area (Å²) in [5, 5.41) is 0. The van der Waals surface area contributed by atoms with Gasteiger partial charge in [-0.05, 0) is 24.7 Å². The van der Waals surface area contributed by atoms with E-state index in [1.807, 2.05) is 0 Å². The average molecular weight is 177 g/mol. The second-order valence-corrected chi connectivity index (χ2v) is 4.53.